The molecule has 1 saturated heterocycles. The molecule has 3 aromatic rings. The first-order valence-electron chi connectivity index (χ1n) is 9.88. The van der Waals surface area contributed by atoms with E-state index in [2.05, 4.69) is 51.3 Å². The van der Waals surface area contributed by atoms with Crippen LogP contribution in [0.1, 0.15) is 34.5 Å². The van der Waals surface area contributed by atoms with Crippen molar-refractivity contribution in [1.82, 2.24) is 15.2 Å². The Morgan fingerprint density at radius 3 is 2.64 bits per heavy atom. The van der Waals surface area contributed by atoms with Crippen molar-refractivity contribution in [2.24, 2.45) is 0 Å². The number of aromatic nitrogens is 3. The maximum atomic E-state index is 6.43. The first-order chi connectivity index (χ1) is 13.6. The average molecular weight is 393 g/mol. The van der Waals surface area contributed by atoms with Crippen LogP contribution in [-0.2, 0) is 16.8 Å². The summed E-state index contributed by atoms with van der Waals surface area (Å²) in [4.78, 5) is 9.61. The topological polar surface area (TPSA) is 51.1 Å². The summed E-state index contributed by atoms with van der Waals surface area (Å²) in [7, 11) is 0. The van der Waals surface area contributed by atoms with Crippen LogP contribution in [0.3, 0.4) is 0 Å². The lowest BCUT2D eigenvalue weighted by Gasteiger charge is -2.44. The molecule has 28 heavy (non-hydrogen) atoms. The molecule has 5 nitrogen and oxygen atoms in total. The van der Waals surface area contributed by atoms with Gasteiger partial charge in [0, 0.05) is 24.2 Å². The number of piperidine rings is 1. The molecule has 0 unspecified atom stereocenters. The zero-order chi connectivity index (χ0) is 19.1. The highest BCUT2D eigenvalue weighted by molar-refractivity contribution is 7.15. The molecule has 0 aliphatic carbocycles. The molecule has 0 atom stereocenters. The lowest BCUT2D eigenvalue weighted by molar-refractivity contribution is -0.0735. The second-order valence-electron chi connectivity index (χ2n) is 7.80. The van der Waals surface area contributed by atoms with Crippen molar-refractivity contribution in [3.05, 3.63) is 58.2 Å². The smallest absolute Gasteiger partial charge is 0.151 e. The highest BCUT2D eigenvalue weighted by Crippen LogP contribution is 2.47. The predicted octanol–water partition coefficient (Wildman–Crippen LogP) is 4.29. The second kappa shape index (κ2) is 6.94. The Morgan fingerprint density at radius 2 is 1.93 bits per heavy atom. The Morgan fingerprint density at radius 1 is 1.07 bits per heavy atom. The molecule has 0 radical (unpaired) electrons. The van der Waals surface area contributed by atoms with E-state index in [-0.39, 0.29) is 5.60 Å². The lowest BCUT2D eigenvalue weighted by atomic mass is 9.85. The molecule has 2 aliphatic heterocycles. The zero-order valence-corrected chi connectivity index (χ0v) is 17.1. The maximum absolute atomic E-state index is 6.43. The van der Waals surface area contributed by atoms with E-state index in [9.17, 15) is 0 Å². The molecule has 2 aliphatic rings. The number of rotatable bonds is 2. The van der Waals surface area contributed by atoms with E-state index in [1.807, 2.05) is 30.5 Å². The third kappa shape index (κ3) is 3.10. The Hall–Kier alpha value is -2.31. The van der Waals surface area contributed by atoms with E-state index in [4.69, 9.17) is 4.74 Å². The van der Waals surface area contributed by atoms with Crippen molar-refractivity contribution in [1.29, 1.82) is 0 Å². The van der Waals surface area contributed by atoms with Crippen molar-refractivity contribution >= 4 is 17.2 Å². The molecular weight excluding hydrogens is 368 g/mol. The third-order valence-corrected chi connectivity index (χ3v) is 7.20. The van der Waals surface area contributed by atoms with E-state index in [1.165, 1.54) is 20.9 Å². The van der Waals surface area contributed by atoms with Crippen LogP contribution in [0.5, 0.6) is 0 Å². The number of pyridine rings is 1. The number of thiophene rings is 1. The van der Waals surface area contributed by atoms with Crippen LogP contribution in [0.2, 0.25) is 0 Å². The summed E-state index contributed by atoms with van der Waals surface area (Å²) in [5.74, 6) is 0.965. The highest BCUT2D eigenvalue weighted by Gasteiger charge is 2.42. The monoisotopic (exact) mass is 392 g/mol. The van der Waals surface area contributed by atoms with Crippen LogP contribution in [0.25, 0.3) is 10.6 Å². The molecule has 5 heterocycles. The minimum atomic E-state index is -0.157. The van der Waals surface area contributed by atoms with Gasteiger partial charge in [0.1, 0.15) is 5.60 Å². The molecule has 1 fully saturated rings. The highest BCUT2D eigenvalue weighted by atomic mass is 32.1. The van der Waals surface area contributed by atoms with E-state index < -0.39 is 0 Å². The molecule has 0 saturated carbocycles. The fourth-order valence-electron chi connectivity index (χ4n) is 4.19. The summed E-state index contributed by atoms with van der Waals surface area (Å²) in [5.41, 5.74) is 4.49. The predicted molar refractivity (Wildman–Crippen MR) is 112 cm³/mol. The minimum Gasteiger partial charge on any atom is -0.369 e. The molecular formula is C22H24N4OS. The molecule has 0 aromatic carbocycles. The van der Waals surface area contributed by atoms with E-state index in [1.54, 1.807) is 0 Å². The van der Waals surface area contributed by atoms with Gasteiger partial charge >= 0.3 is 0 Å². The van der Waals surface area contributed by atoms with Crippen LogP contribution in [0.15, 0.2) is 36.5 Å². The van der Waals surface area contributed by atoms with Gasteiger partial charge in [-0.05, 0) is 68.5 Å². The molecule has 1 spiro atoms. The van der Waals surface area contributed by atoms with E-state index in [0.29, 0.717) is 0 Å². The maximum Gasteiger partial charge on any atom is 0.151 e. The SMILES string of the molecule is Cc1ccc(-c2cc3c(s2)C2(CCN(c4ccc(C)nn4)CC2)OCC3)nc1. The normalized spacial score (nSPS) is 18.3. The minimum absolute atomic E-state index is 0.157. The van der Waals surface area contributed by atoms with Gasteiger partial charge in [-0.25, -0.2) is 0 Å². The molecule has 144 valence electrons. The summed E-state index contributed by atoms with van der Waals surface area (Å²) in [5, 5.41) is 8.57. The third-order valence-electron chi connectivity index (χ3n) is 5.82. The lowest BCUT2D eigenvalue weighted by Crippen LogP contribution is -2.46. The fourth-order valence-corrected chi connectivity index (χ4v) is 5.58. The molecule has 3 aromatic heterocycles. The summed E-state index contributed by atoms with van der Waals surface area (Å²) in [6.45, 7) is 6.72. The number of anilines is 1. The molecule has 0 N–H and O–H groups in total. The second-order valence-corrected chi connectivity index (χ2v) is 8.85. The van der Waals surface area contributed by atoms with E-state index in [0.717, 1.165) is 56.2 Å². The van der Waals surface area contributed by atoms with Gasteiger partial charge in [0.15, 0.2) is 5.82 Å². The van der Waals surface area contributed by atoms with Gasteiger partial charge in [0.2, 0.25) is 0 Å². The van der Waals surface area contributed by atoms with Gasteiger partial charge in [-0.15, -0.1) is 16.4 Å². The first-order valence-corrected chi connectivity index (χ1v) is 10.7. The van der Waals surface area contributed by atoms with Gasteiger partial charge in [-0.1, -0.05) is 6.07 Å². The van der Waals surface area contributed by atoms with Crippen molar-refractivity contribution < 1.29 is 4.74 Å². The van der Waals surface area contributed by atoms with Crippen molar-refractivity contribution in [3.63, 3.8) is 0 Å². The number of ether oxygens (including phenoxy) is 1. The largest absolute Gasteiger partial charge is 0.369 e. The van der Waals surface area contributed by atoms with Crippen LogP contribution in [-0.4, -0.2) is 34.9 Å². The number of nitrogens with zero attached hydrogens (tertiary/aromatic N) is 4. The summed E-state index contributed by atoms with van der Waals surface area (Å²) in [6, 6.07) is 10.7. The molecule has 6 heteroatoms. The van der Waals surface area contributed by atoms with Gasteiger partial charge in [-0.2, -0.15) is 5.10 Å². The zero-order valence-electron chi connectivity index (χ0n) is 16.3. The quantitative estimate of drug-likeness (QED) is 0.651. The Kier molecular flexibility index (Phi) is 4.40. The average Bonchev–Trinajstić information content (AvgIpc) is 3.16. The first kappa shape index (κ1) is 17.8. The van der Waals surface area contributed by atoms with Crippen LogP contribution >= 0.6 is 11.3 Å². The van der Waals surface area contributed by atoms with Crippen molar-refractivity contribution in [2.45, 2.75) is 38.7 Å². The number of hydrogen-bond acceptors (Lipinski definition) is 6. The van der Waals surface area contributed by atoms with Crippen LogP contribution in [0, 0.1) is 13.8 Å². The standard InChI is InChI=1S/C22H24N4OS/c1-15-3-5-18(23-14-15)19-13-17-7-12-27-22(21(17)28-19)8-10-26(11-9-22)20-6-4-16(2)24-25-20/h3-6,13-14H,7-12H2,1-2H3. The van der Waals surface area contributed by atoms with Gasteiger partial charge in [0.25, 0.3) is 0 Å². The van der Waals surface area contributed by atoms with Gasteiger partial charge in [-0.3, -0.25) is 4.98 Å². The molecule has 0 bridgehead atoms. The van der Waals surface area contributed by atoms with Crippen molar-refractivity contribution in [3.8, 4) is 10.6 Å². The van der Waals surface area contributed by atoms with Crippen LogP contribution in [0.4, 0.5) is 5.82 Å². The van der Waals surface area contributed by atoms with Gasteiger partial charge in [0.05, 0.1) is 22.9 Å². The summed E-state index contributed by atoms with van der Waals surface area (Å²) in [6.07, 6.45) is 4.90. The Bertz CT molecular complexity index is 973. The Labute approximate surface area is 169 Å². The number of fused-ring (bicyclic) bond motifs is 2. The number of aryl methyl sites for hydroxylation is 2. The van der Waals surface area contributed by atoms with Crippen LogP contribution < -0.4 is 4.90 Å². The number of hydrogen-bond donors (Lipinski definition) is 0. The fraction of sp³-hybridized carbons (Fsp3) is 0.409. The summed E-state index contributed by atoms with van der Waals surface area (Å²) < 4.78 is 6.43. The van der Waals surface area contributed by atoms with Gasteiger partial charge < -0.3 is 9.64 Å². The molecule has 0 amide bonds. The molecule has 5 rings (SSSR count). The summed E-state index contributed by atoms with van der Waals surface area (Å²) >= 11 is 1.86. The van der Waals surface area contributed by atoms with E-state index >= 15 is 0 Å². The van der Waals surface area contributed by atoms with Crippen molar-refractivity contribution in [2.75, 3.05) is 24.6 Å². The Balaban J connectivity index is 1.40.